The van der Waals surface area contributed by atoms with Crippen molar-refractivity contribution in [2.45, 2.75) is 64.4 Å². The molecule has 2 fully saturated rings. The van der Waals surface area contributed by atoms with E-state index < -0.39 is 0 Å². The topological polar surface area (TPSA) is 9.23 Å². The first-order chi connectivity index (χ1) is 6.37. The third-order valence-corrected chi connectivity index (χ3v) is 3.99. The molecule has 0 aromatic heterocycles. The molecule has 2 atom stereocenters. The normalized spacial score (nSPS) is 39.9. The minimum absolute atomic E-state index is 0.602. The Bertz CT molecular complexity index is 167. The molecule has 2 aliphatic rings. The van der Waals surface area contributed by atoms with Crippen LogP contribution in [0.15, 0.2) is 0 Å². The first-order valence-electron chi connectivity index (χ1n) is 5.99. The maximum atomic E-state index is 5.89. The van der Waals surface area contributed by atoms with Gasteiger partial charge in [-0.2, -0.15) is 0 Å². The predicted molar refractivity (Wildman–Crippen MR) is 54.8 cm³/mol. The lowest BCUT2D eigenvalue weighted by Crippen LogP contribution is -2.29. The van der Waals surface area contributed by atoms with E-state index in [9.17, 15) is 0 Å². The second-order valence-corrected chi connectivity index (χ2v) is 4.82. The fraction of sp³-hybridized carbons (Fsp3) is 1.00. The summed E-state index contributed by atoms with van der Waals surface area (Å²) in [5.41, 5.74) is 0.602. The summed E-state index contributed by atoms with van der Waals surface area (Å²) >= 11 is 0. The molecule has 0 radical (unpaired) electrons. The van der Waals surface area contributed by atoms with Gasteiger partial charge in [0.25, 0.3) is 0 Å². The van der Waals surface area contributed by atoms with E-state index in [0.717, 1.165) is 6.61 Å². The molecule has 0 aromatic rings. The molecular formula is C12H22O. The standard InChI is InChI=1S/C12H22O/c1-2-7-12-8-5-3-4-6-11(12)13-10-9-12/h11H,2-10H2,1H3. The molecule has 13 heavy (non-hydrogen) atoms. The minimum atomic E-state index is 0.602. The maximum absolute atomic E-state index is 5.89. The van der Waals surface area contributed by atoms with Crippen LogP contribution in [-0.2, 0) is 4.74 Å². The summed E-state index contributed by atoms with van der Waals surface area (Å²) in [6, 6.07) is 0. The second kappa shape index (κ2) is 4.00. The van der Waals surface area contributed by atoms with Gasteiger partial charge < -0.3 is 4.74 Å². The predicted octanol–water partition coefficient (Wildman–Crippen LogP) is 3.53. The molecule has 2 unspecified atom stereocenters. The van der Waals surface area contributed by atoms with Crippen molar-refractivity contribution in [2.75, 3.05) is 6.61 Å². The Hall–Kier alpha value is -0.0400. The second-order valence-electron chi connectivity index (χ2n) is 4.82. The zero-order valence-electron chi connectivity index (χ0n) is 8.85. The molecule has 2 rings (SSSR count). The Labute approximate surface area is 81.9 Å². The molecule has 1 aliphatic heterocycles. The van der Waals surface area contributed by atoms with Gasteiger partial charge >= 0.3 is 0 Å². The van der Waals surface area contributed by atoms with Gasteiger partial charge in [0.1, 0.15) is 0 Å². The van der Waals surface area contributed by atoms with Crippen molar-refractivity contribution in [3.63, 3.8) is 0 Å². The van der Waals surface area contributed by atoms with Crippen molar-refractivity contribution in [2.24, 2.45) is 5.41 Å². The van der Waals surface area contributed by atoms with E-state index in [1.54, 1.807) is 0 Å². The van der Waals surface area contributed by atoms with Crippen molar-refractivity contribution < 1.29 is 4.74 Å². The fourth-order valence-electron chi connectivity index (χ4n) is 3.31. The van der Waals surface area contributed by atoms with Gasteiger partial charge in [-0.15, -0.1) is 0 Å². The summed E-state index contributed by atoms with van der Waals surface area (Å²) in [5.74, 6) is 0. The third kappa shape index (κ3) is 1.76. The lowest BCUT2D eigenvalue weighted by atomic mass is 9.74. The molecule has 1 heterocycles. The molecule has 76 valence electrons. The molecule has 0 bridgehead atoms. The van der Waals surface area contributed by atoms with Gasteiger partial charge in [-0.3, -0.25) is 0 Å². The van der Waals surface area contributed by atoms with Gasteiger partial charge in [-0.25, -0.2) is 0 Å². The number of hydrogen-bond acceptors (Lipinski definition) is 1. The summed E-state index contributed by atoms with van der Waals surface area (Å²) in [6.07, 6.45) is 11.7. The highest BCUT2D eigenvalue weighted by Crippen LogP contribution is 2.47. The zero-order chi connectivity index (χ0) is 9.15. The molecule has 1 aliphatic carbocycles. The van der Waals surface area contributed by atoms with Gasteiger partial charge in [0.05, 0.1) is 6.10 Å². The van der Waals surface area contributed by atoms with Gasteiger partial charge in [-0.05, 0) is 31.1 Å². The average Bonchev–Trinajstić information content (AvgIpc) is 2.41. The number of ether oxygens (including phenoxy) is 1. The SMILES string of the molecule is CCCC12CCCCCC1OCC2. The van der Waals surface area contributed by atoms with Crippen LogP contribution in [0.25, 0.3) is 0 Å². The molecule has 1 saturated heterocycles. The van der Waals surface area contributed by atoms with Crippen molar-refractivity contribution in [3.05, 3.63) is 0 Å². The van der Waals surface area contributed by atoms with E-state index in [4.69, 9.17) is 4.74 Å². The third-order valence-electron chi connectivity index (χ3n) is 3.99. The quantitative estimate of drug-likeness (QED) is 0.635. The summed E-state index contributed by atoms with van der Waals surface area (Å²) < 4.78 is 5.89. The molecule has 1 nitrogen and oxygen atoms in total. The van der Waals surface area contributed by atoms with Gasteiger partial charge in [0, 0.05) is 6.61 Å². The van der Waals surface area contributed by atoms with Crippen LogP contribution in [0.3, 0.4) is 0 Å². The molecule has 0 amide bonds. The summed E-state index contributed by atoms with van der Waals surface area (Å²) in [7, 11) is 0. The lowest BCUT2D eigenvalue weighted by Gasteiger charge is -2.32. The monoisotopic (exact) mass is 182 g/mol. The summed E-state index contributed by atoms with van der Waals surface area (Å²) in [5, 5.41) is 0. The van der Waals surface area contributed by atoms with Crippen LogP contribution in [0.1, 0.15) is 58.3 Å². The first-order valence-corrected chi connectivity index (χ1v) is 5.99. The molecule has 0 N–H and O–H groups in total. The molecule has 0 aromatic carbocycles. The maximum Gasteiger partial charge on any atom is 0.0632 e. The lowest BCUT2D eigenvalue weighted by molar-refractivity contribution is 0.0382. The van der Waals surface area contributed by atoms with Crippen LogP contribution in [0, 0.1) is 5.41 Å². The van der Waals surface area contributed by atoms with Crippen molar-refractivity contribution >= 4 is 0 Å². The van der Waals surface area contributed by atoms with Gasteiger partial charge in [-0.1, -0.05) is 32.6 Å². The summed E-state index contributed by atoms with van der Waals surface area (Å²) in [6.45, 7) is 3.35. The molecule has 1 saturated carbocycles. The number of hydrogen-bond donors (Lipinski definition) is 0. The highest BCUT2D eigenvalue weighted by Gasteiger charge is 2.43. The van der Waals surface area contributed by atoms with Crippen LogP contribution >= 0.6 is 0 Å². The Morgan fingerprint density at radius 1 is 1.23 bits per heavy atom. The Kier molecular flexibility index (Phi) is 2.92. The molecule has 1 heteroatoms. The van der Waals surface area contributed by atoms with E-state index in [2.05, 4.69) is 6.92 Å². The van der Waals surface area contributed by atoms with Gasteiger partial charge in [0.2, 0.25) is 0 Å². The van der Waals surface area contributed by atoms with E-state index in [1.807, 2.05) is 0 Å². The van der Waals surface area contributed by atoms with Crippen LogP contribution in [-0.4, -0.2) is 12.7 Å². The van der Waals surface area contributed by atoms with E-state index in [0.29, 0.717) is 11.5 Å². The van der Waals surface area contributed by atoms with Crippen LogP contribution < -0.4 is 0 Å². The average molecular weight is 182 g/mol. The minimum Gasteiger partial charge on any atom is -0.378 e. The highest BCUT2D eigenvalue weighted by molar-refractivity contribution is 4.92. The highest BCUT2D eigenvalue weighted by atomic mass is 16.5. The van der Waals surface area contributed by atoms with Crippen molar-refractivity contribution in [1.29, 1.82) is 0 Å². The Morgan fingerprint density at radius 2 is 2.15 bits per heavy atom. The van der Waals surface area contributed by atoms with E-state index in [1.165, 1.54) is 51.4 Å². The fourth-order valence-corrected chi connectivity index (χ4v) is 3.31. The van der Waals surface area contributed by atoms with Gasteiger partial charge in [0.15, 0.2) is 0 Å². The van der Waals surface area contributed by atoms with Crippen molar-refractivity contribution in [1.82, 2.24) is 0 Å². The summed E-state index contributed by atoms with van der Waals surface area (Å²) in [4.78, 5) is 0. The number of fused-ring (bicyclic) bond motifs is 1. The van der Waals surface area contributed by atoms with Crippen LogP contribution in [0.5, 0.6) is 0 Å². The zero-order valence-corrected chi connectivity index (χ0v) is 8.85. The van der Waals surface area contributed by atoms with E-state index in [-0.39, 0.29) is 0 Å². The van der Waals surface area contributed by atoms with Crippen LogP contribution in [0.4, 0.5) is 0 Å². The van der Waals surface area contributed by atoms with E-state index >= 15 is 0 Å². The smallest absolute Gasteiger partial charge is 0.0632 e. The first kappa shape index (κ1) is 9.51. The number of rotatable bonds is 2. The largest absolute Gasteiger partial charge is 0.378 e. The van der Waals surface area contributed by atoms with Crippen molar-refractivity contribution in [3.8, 4) is 0 Å². The Morgan fingerprint density at radius 3 is 3.00 bits per heavy atom. The molecular weight excluding hydrogens is 160 g/mol. The van der Waals surface area contributed by atoms with Crippen LogP contribution in [0.2, 0.25) is 0 Å². The molecule has 0 spiro atoms. The Balaban J connectivity index is 2.08.